The molecule has 0 unspecified atom stereocenters. The molecular weight excluding hydrogens is 294 g/mol. The third-order valence-electron chi connectivity index (χ3n) is 4.57. The van der Waals surface area contributed by atoms with E-state index in [1.54, 1.807) is 12.4 Å². The Labute approximate surface area is 137 Å². The highest BCUT2D eigenvalue weighted by atomic mass is 16.5. The Morgan fingerprint density at radius 3 is 2.39 bits per heavy atom. The summed E-state index contributed by atoms with van der Waals surface area (Å²) in [5, 5.41) is 0. The van der Waals surface area contributed by atoms with Crippen molar-refractivity contribution in [3.8, 4) is 0 Å². The molecule has 0 aliphatic carbocycles. The molecule has 0 atom stereocenters. The Morgan fingerprint density at radius 2 is 1.70 bits per heavy atom. The maximum absolute atomic E-state index is 12.4. The van der Waals surface area contributed by atoms with Crippen molar-refractivity contribution in [2.45, 2.75) is 13.3 Å². The quantitative estimate of drug-likeness (QED) is 0.807. The molecule has 23 heavy (non-hydrogen) atoms. The van der Waals surface area contributed by atoms with E-state index in [2.05, 4.69) is 14.9 Å². The van der Waals surface area contributed by atoms with E-state index in [0.717, 1.165) is 50.5 Å². The molecule has 2 fully saturated rings. The lowest BCUT2D eigenvalue weighted by molar-refractivity contribution is 0.0377. The van der Waals surface area contributed by atoms with Gasteiger partial charge in [-0.15, -0.1) is 0 Å². The first-order chi connectivity index (χ1) is 11.2. The Balaban J connectivity index is 1.43. The number of amides is 2. The second-order valence-corrected chi connectivity index (χ2v) is 6.05. The van der Waals surface area contributed by atoms with Gasteiger partial charge in [0, 0.05) is 64.6 Å². The van der Waals surface area contributed by atoms with Gasteiger partial charge in [0.2, 0.25) is 0 Å². The van der Waals surface area contributed by atoms with Gasteiger partial charge in [0.15, 0.2) is 0 Å². The largest absolute Gasteiger partial charge is 0.378 e. The van der Waals surface area contributed by atoms with E-state index in [4.69, 9.17) is 4.74 Å². The fourth-order valence-corrected chi connectivity index (χ4v) is 3.06. The van der Waals surface area contributed by atoms with Crippen LogP contribution in [0.25, 0.3) is 0 Å². The maximum Gasteiger partial charge on any atom is 0.320 e. The van der Waals surface area contributed by atoms with Gasteiger partial charge in [-0.25, -0.2) is 4.79 Å². The van der Waals surface area contributed by atoms with Crippen LogP contribution in [0.3, 0.4) is 0 Å². The van der Waals surface area contributed by atoms with Gasteiger partial charge in [-0.05, 0) is 6.92 Å². The number of hydrogen-bond donors (Lipinski definition) is 0. The van der Waals surface area contributed by atoms with E-state index >= 15 is 0 Å². The van der Waals surface area contributed by atoms with E-state index in [-0.39, 0.29) is 6.03 Å². The standard InChI is InChI=1S/C16H25N5O2/c1-14-15(18-4-3-17-14)2-5-19-6-8-20(9-7-19)16(22)21-10-12-23-13-11-21/h3-4H,2,5-13H2,1H3. The van der Waals surface area contributed by atoms with Crippen molar-refractivity contribution in [3.05, 3.63) is 23.8 Å². The Bertz CT molecular complexity index is 525. The number of ether oxygens (including phenoxy) is 1. The molecule has 0 spiro atoms. The predicted octanol–water partition coefficient (Wildman–Crippen LogP) is 0.397. The monoisotopic (exact) mass is 319 g/mol. The summed E-state index contributed by atoms with van der Waals surface area (Å²) in [6.45, 7) is 9.17. The SMILES string of the molecule is Cc1nccnc1CCN1CCN(C(=O)N2CCOCC2)CC1. The van der Waals surface area contributed by atoms with Crippen LogP contribution in [0.5, 0.6) is 0 Å². The van der Waals surface area contributed by atoms with Gasteiger partial charge in [0.05, 0.1) is 24.6 Å². The molecule has 2 aliphatic rings. The molecule has 2 saturated heterocycles. The molecule has 7 heteroatoms. The summed E-state index contributed by atoms with van der Waals surface area (Å²) in [6.07, 6.45) is 4.40. The smallest absolute Gasteiger partial charge is 0.320 e. The van der Waals surface area contributed by atoms with Gasteiger partial charge >= 0.3 is 6.03 Å². The Morgan fingerprint density at radius 1 is 1.04 bits per heavy atom. The predicted molar refractivity (Wildman–Crippen MR) is 86.3 cm³/mol. The van der Waals surface area contributed by atoms with Crippen molar-refractivity contribution < 1.29 is 9.53 Å². The fraction of sp³-hybridized carbons (Fsp3) is 0.688. The van der Waals surface area contributed by atoms with E-state index in [1.807, 2.05) is 16.7 Å². The normalized spacial score (nSPS) is 19.9. The molecule has 3 rings (SSSR count). The van der Waals surface area contributed by atoms with E-state index in [1.165, 1.54) is 0 Å². The summed E-state index contributed by atoms with van der Waals surface area (Å²) in [7, 11) is 0. The lowest BCUT2D eigenvalue weighted by Crippen LogP contribution is -2.54. The van der Waals surface area contributed by atoms with Crippen molar-refractivity contribution in [3.63, 3.8) is 0 Å². The van der Waals surface area contributed by atoms with Gasteiger partial charge in [0.1, 0.15) is 0 Å². The highest BCUT2D eigenvalue weighted by Crippen LogP contribution is 2.09. The molecule has 3 heterocycles. The molecule has 0 saturated carbocycles. The van der Waals surface area contributed by atoms with E-state index in [9.17, 15) is 4.79 Å². The summed E-state index contributed by atoms with van der Waals surface area (Å²) in [5.74, 6) is 0. The van der Waals surface area contributed by atoms with Crippen molar-refractivity contribution in [2.24, 2.45) is 0 Å². The van der Waals surface area contributed by atoms with Crippen LogP contribution in [0.1, 0.15) is 11.4 Å². The van der Waals surface area contributed by atoms with Crippen LogP contribution >= 0.6 is 0 Å². The molecule has 2 aliphatic heterocycles. The minimum atomic E-state index is 0.165. The van der Waals surface area contributed by atoms with Crippen molar-refractivity contribution in [1.29, 1.82) is 0 Å². The molecule has 2 amide bonds. The molecule has 0 aromatic carbocycles. The van der Waals surface area contributed by atoms with Crippen molar-refractivity contribution in [2.75, 3.05) is 59.0 Å². The zero-order valence-electron chi connectivity index (χ0n) is 13.8. The first kappa shape index (κ1) is 16.1. The van der Waals surface area contributed by atoms with Crippen LogP contribution in [-0.4, -0.2) is 89.7 Å². The third-order valence-corrected chi connectivity index (χ3v) is 4.57. The van der Waals surface area contributed by atoms with Crippen molar-refractivity contribution >= 4 is 6.03 Å². The van der Waals surface area contributed by atoms with E-state index in [0.29, 0.717) is 26.3 Å². The lowest BCUT2D eigenvalue weighted by Gasteiger charge is -2.38. The third kappa shape index (κ3) is 4.17. The number of aromatic nitrogens is 2. The first-order valence-corrected chi connectivity index (χ1v) is 8.34. The molecular formula is C16H25N5O2. The van der Waals surface area contributed by atoms with Crippen LogP contribution < -0.4 is 0 Å². The van der Waals surface area contributed by atoms with Gasteiger partial charge in [-0.2, -0.15) is 0 Å². The van der Waals surface area contributed by atoms with Crippen LogP contribution in [0.15, 0.2) is 12.4 Å². The topological polar surface area (TPSA) is 61.8 Å². The minimum Gasteiger partial charge on any atom is -0.378 e. The number of urea groups is 1. The first-order valence-electron chi connectivity index (χ1n) is 8.34. The molecule has 7 nitrogen and oxygen atoms in total. The van der Waals surface area contributed by atoms with Crippen molar-refractivity contribution in [1.82, 2.24) is 24.7 Å². The number of hydrogen-bond acceptors (Lipinski definition) is 5. The summed E-state index contributed by atoms with van der Waals surface area (Å²) < 4.78 is 5.31. The number of nitrogens with zero attached hydrogens (tertiary/aromatic N) is 5. The summed E-state index contributed by atoms with van der Waals surface area (Å²) in [5.41, 5.74) is 2.08. The molecule has 0 N–H and O–H groups in total. The maximum atomic E-state index is 12.4. The minimum absolute atomic E-state index is 0.165. The van der Waals surface area contributed by atoms with Crippen LogP contribution in [-0.2, 0) is 11.2 Å². The zero-order valence-corrected chi connectivity index (χ0v) is 13.8. The molecule has 0 bridgehead atoms. The number of aryl methyl sites for hydroxylation is 1. The number of carbonyl (C=O) groups is 1. The summed E-state index contributed by atoms with van der Waals surface area (Å²) in [4.78, 5) is 27.4. The van der Waals surface area contributed by atoms with Gasteiger partial charge in [-0.1, -0.05) is 0 Å². The van der Waals surface area contributed by atoms with E-state index < -0.39 is 0 Å². The number of piperazine rings is 1. The lowest BCUT2D eigenvalue weighted by atomic mass is 10.2. The van der Waals surface area contributed by atoms with Gasteiger partial charge < -0.3 is 14.5 Å². The molecule has 126 valence electrons. The summed E-state index contributed by atoms with van der Waals surface area (Å²) in [6, 6.07) is 0.165. The number of carbonyl (C=O) groups excluding carboxylic acids is 1. The van der Waals surface area contributed by atoms with Gasteiger partial charge in [-0.3, -0.25) is 14.9 Å². The Kier molecular flexibility index (Phi) is 5.40. The Hall–Kier alpha value is -1.73. The second kappa shape index (κ2) is 7.70. The number of rotatable bonds is 3. The van der Waals surface area contributed by atoms with Crippen LogP contribution in [0.4, 0.5) is 4.79 Å². The average Bonchev–Trinajstić information content (AvgIpc) is 2.62. The van der Waals surface area contributed by atoms with Gasteiger partial charge in [0.25, 0.3) is 0 Å². The van der Waals surface area contributed by atoms with Crippen LogP contribution in [0.2, 0.25) is 0 Å². The average molecular weight is 319 g/mol. The highest BCUT2D eigenvalue weighted by molar-refractivity contribution is 5.74. The highest BCUT2D eigenvalue weighted by Gasteiger charge is 2.26. The zero-order chi connectivity index (χ0) is 16.1. The van der Waals surface area contributed by atoms with Crippen LogP contribution in [0, 0.1) is 6.92 Å². The molecule has 0 radical (unpaired) electrons. The summed E-state index contributed by atoms with van der Waals surface area (Å²) >= 11 is 0. The second-order valence-electron chi connectivity index (χ2n) is 6.05. The number of morpholine rings is 1. The fourth-order valence-electron chi connectivity index (χ4n) is 3.06. The molecule has 1 aromatic heterocycles. The molecule has 1 aromatic rings.